The van der Waals surface area contributed by atoms with Gasteiger partial charge < -0.3 is 10.1 Å². The van der Waals surface area contributed by atoms with E-state index >= 15 is 0 Å². The summed E-state index contributed by atoms with van der Waals surface area (Å²) in [5.74, 6) is -0.912. The second-order valence-electron chi connectivity index (χ2n) is 4.25. The third-order valence-electron chi connectivity index (χ3n) is 3.06. The Kier molecular flexibility index (Phi) is 5.51. The summed E-state index contributed by atoms with van der Waals surface area (Å²) < 4.78 is 0. The Hall–Kier alpha value is -1.39. The van der Waals surface area contributed by atoms with Crippen LogP contribution in [0.5, 0.6) is 0 Å². The molecule has 2 rings (SSSR count). The molecule has 0 unspecified atom stereocenters. The van der Waals surface area contributed by atoms with Crippen LogP contribution in [-0.4, -0.2) is 16.1 Å². The summed E-state index contributed by atoms with van der Waals surface area (Å²) in [6.07, 6.45) is 3.46. The van der Waals surface area contributed by atoms with Crippen molar-refractivity contribution < 1.29 is 9.90 Å². The molecule has 2 aromatic rings. The molecule has 0 amide bonds. The van der Waals surface area contributed by atoms with Crippen molar-refractivity contribution in [3.05, 3.63) is 57.9 Å². The lowest BCUT2D eigenvalue weighted by molar-refractivity contribution is 0.0690. The van der Waals surface area contributed by atoms with Gasteiger partial charge in [-0.2, -0.15) is 13.5 Å². The van der Waals surface area contributed by atoms with E-state index in [1.54, 1.807) is 6.20 Å². The van der Waals surface area contributed by atoms with Gasteiger partial charge in [-0.1, -0.05) is 23.7 Å². The quantitative estimate of drug-likeness (QED) is 0.906. The molecule has 0 aliphatic heterocycles. The molecule has 102 valence electrons. The van der Waals surface area contributed by atoms with Gasteiger partial charge in [0.05, 0.1) is 0 Å². The number of benzene rings is 1. The standard InChI is InChI=1S/C14H14ClNO2.H2S/c1-9-11(8-16-13(9)14(17)18)5-2-10-3-6-12(15)7-4-10;/h3-4,6-8,16H,2,5H2,1H3,(H,17,18);1H2. The summed E-state index contributed by atoms with van der Waals surface area (Å²) in [6.45, 7) is 1.83. The largest absolute Gasteiger partial charge is 0.477 e. The number of rotatable bonds is 4. The van der Waals surface area contributed by atoms with Crippen LogP contribution in [-0.2, 0) is 12.8 Å². The molecule has 2 N–H and O–H groups in total. The number of halogens is 1. The van der Waals surface area contributed by atoms with Crippen LogP contribution < -0.4 is 0 Å². The normalized spacial score (nSPS) is 10.0. The topological polar surface area (TPSA) is 53.1 Å². The molecule has 0 fully saturated rings. The van der Waals surface area contributed by atoms with E-state index in [-0.39, 0.29) is 19.2 Å². The smallest absolute Gasteiger partial charge is 0.352 e. The van der Waals surface area contributed by atoms with Crippen LogP contribution in [0.15, 0.2) is 30.5 Å². The molecule has 0 spiro atoms. The highest BCUT2D eigenvalue weighted by atomic mass is 35.5. The van der Waals surface area contributed by atoms with Gasteiger partial charge in [0, 0.05) is 11.2 Å². The first-order valence-corrected chi connectivity index (χ1v) is 6.10. The number of hydrogen-bond donors (Lipinski definition) is 2. The van der Waals surface area contributed by atoms with E-state index in [1.165, 1.54) is 5.56 Å². The average molecular weight is 298 g/mol. The lowest BCUT2D eigenvalue weighted by atomic mass is 10.0. The number of nitrogens with one attached hydrogen (secondary N) is 1. The van der Waals surface area contributed by atoms with Gasteiger partial charge in [0.2, 0.25) is 0 Å². The maximum absolute atomic E-state index is 10.9. The fourth-order valence-electron chi connectivity index (χ4n) is 1.95. The first-order valence-electron chi connectivity index (χ1n) is 5.72. The highest BCUT2D eigenvalue weighted by molar-refractivity contribution is 7.59. The SMILES string of the molecule is Cc1c(CCc2ccc(Cl)cc2)c[nH]c1C(=O)O.S. The Morgan fingerprint density at radius 2 is 1.89 bits per heavy atom. The van der Waals surface area contributed by atoms with Gasteiger partial charge in [0.1, 0.15) is 5.69 Å². The summed E-state index contributed by atoms with van der Waals surface area (Å²) in [5.41, 5.74) is 3.33. The van der Waals surface area contributed by atoms with E-state index in [2.05, 4.69) is 4.98 Å². The van der Waals surface area contributed by atoms with Gasteiger partial charge in [-0.05, 0) is 48.6 Å². The molecule has 0 atom stereocenters. The van der Waals surface area contributed by atoms with Crippen molar-refractivity contribution in [2.24, 2.45) is 0 Å². The number of aromatic nitrogens is 1. The highest BCUT2D eigenvalue weighted by Crippen LogP contribution is 2.16. The van der Waals surface area contributed by atoms with Crippen LogP contribution in [0.4, 0.5) is 0 Å². The van der Waals surface area contributed by atoms with Crippen LogP contribution in [0.25, 0.3) is 0 Å². The number of hydrogen-bond acceptors (Lipinski definition) is 1. The summed E-state index contributed by atoms with van der Waals surface area (Å²) in [5, 5.41) is 9.68. The van der Waals surface area contributed by atoms with Crippen molar-refractivity contribution >= 4 is 31.1 Å². The Labute approximate surface area is 124 Å². The molecule has 0 saturated carbocycles. The number of carboxylic acid groups (broad SMARTS) is 1. The molecular weight excluding hydrogens is 282 g/mol. The van der Waals surface area contributed by atoms with E-state index in [4.69, 9.17) is 16.7 Å². The predicted octanol–water partition coefficient (Wildman–Crippen LogP) is 3.57. The first-order chi connectivity index (χ1) is 8.58. The lowest BCUT2D eigenvalue weighted by Crippen LogP contribution is -1.99. The Morgan fingerprint density at radius 3 is 2.42 bits per heavy atom. The molecule has 5 heteroatoms. The summed E-state index contributed by atoms with van der Waals surface area (Å²) >= 11 is 5.82. The monoisotopic (exact) mass is 297 g/mol. The summed E-state index contributed by atoms with van der Waals surface area (Å²) in [4.78, 5) is 13.7. The first kappa shape index (κ1) is 15.7. The van der Waals surface area contributed by atoms with Crippen LogP contribution in [0.3, 0.4) is 0 Å². The molecule has 3 nitrogen and oxygen atoms in total. The van der Waals surface area contributed by atoms with Gasteiger partial charge in [0.15, 0.2) is 0 Å². The number of H-pyrrole nitrogens is 1. The molecule has 0 aliphatic rings. The fourth-order valence-corrected chi connectivity index (χ4v) is 2.07. The number of aromatic carboxylic acids is 1. The van der Waals surface area contributed by atoms with E-state index in [9.17, 15) is 4.79 Å². The highest BCUT2D eigenvalue weighted by Gasteiger charge is 2.12. The van der Waals surface area contributed by atoms with Crippen LogP contribution in [0, 0.1) is 6.92 Å². The molecule has 0 radical (unpaired) electrons. The Bertz CT molecular complexity index is 563. The zero-order valence-electron chi connectivity index (χ0n) is 10.5. The van der Waals surface area contributed by atoms with Crippen molar-refractivity contribution in [3.8, 4) is 0 Å². The van der Waals surface area contributed by atoms with Crippen molar-refractivity contribution in [2.45, 2.75) is 19.8 Å². The van der Waals surface area contributed by atoms with Crippen LogP contribution in [0.1, 0.15) is 27.2 Å². The second kappa shape index (κ2) is 6.68. The van der Waals surface area contributed by atoms with Crippen LogP contribution in [0.2, 0.25) is 5.02 Å². The predicted molar refractivity (Wildman–Crippen MR) is 81.7 cm³/mol. The molecule has 1 aromatic carbocycles. The molecule has 0 saturated heterocycles. The maximum Gasteiger partial charge on any atom is 0.352 e. The number of carbonyl (C=O) groups is 1. The lowest BCUT2D eigenvalue weighted by Gasteiger charge is -2.02. The summed E-state index contributed by atoms with van der Waals surface area (Å²) in [7, 11) is 0. The number of carboxylic acids is 1. The minimum absolute atomic E-state index is 0. The number of aryl methyl sites for hydroxylation is 2. The second-order valence-corrected chi connectivity index (χ2v) is 4.68. The van der Waals surface area contributed by atoms with Gasteiger partial charge in [-0.3, -0.25) is 0 Å². The number of aromatic amines is 1. The average Bonchev–Trinajstić information content (AvgIpc) is 2.70. The van der Waals surface area contributed by atoms with Gasteiger partial charge in [-0.25, -0.2) is 4.79 Å². The minimum atomic E-state index is -0.912. The Morgan fingerprint density at radius 1 is 1.26 bits per heavy atom. The fraction of sp³-hybridized carbons (Fsp3) is 0.214. The zero-order chi connectivity index (χ0) is 13.1. The van der Waals surface area contributed by atoms with Crippen molar-refractivity contribution in [1.29, 1.82) is 0 Å². The third kappa shape index (κ3) is 3.78. The van der Waals surface area contributed by atoms with E-state index < -0.39 is 5.97 Å². The molecular formula is C14H16ClNO2S. The van der Waals surface area contributed by atoms with Crippen molar-refractivity contribution in [2.75, 3.05) is 0 Å². The van der Waals surface area contributed by atoms with Gasteiger partial charge >= 0.3 is 5.97 Å². The maximum atomic E-state index is 10.9. The van der Waals surface area contributed by atoms with Crippen LogP contribution >= 0.6 is 25.1 Å². The van der Waals surface area contributed by atoms with E-state index in [0.29, 0.717) is 0 Å². The van der Waals surface area contributed by atoms with Gasteiger partial charge in [-0.15, -0.1) is 0 Å². The van der Waals surface area contributed by atoms with E-state index in [0.717, 1.165) is 29.0 Å². The molecule has 1 aromatic heterocycles. The van der Waals surface area contributed by atoms with E-state index in [1.807, 2.05) is 31.2 Å². The Balaban J connectivity index is 0.00000180. The third-order valence-corrected chi connectivity index (χ3v) is 3.31. The molecule has 0 aliphatic carbocycles. The molecule has 1 heterocycles. The van der Waals surface area contributed by atoms with Gasteiger partial charge in [0.25, 0.3) is 0 Å². The minimum Gasteiger partial charge on any atom is -0.477 e. The molecule has 0 bridgehead atoms. The van der Waals surface area contributed by atoms with Crippen molar-refractivity contribution in [1.82, 2.24) is 4.98 Å². The molecule has 19 heavy (non-hydrogen) atoms. The van der Waals surface area contributed by atoms with Crippen molar-refractivity contribution in [3.63, 3.8) is 0 Å². The zero-order valence-corrected chi connectivity index (χ0v) is 12.3. The summed E-state index contributed by atoms with van der Waals surface area (Å²) in [6, 6.07) is 7.71.